The van der Waals surface area contributed by atoms with E-state index in [-0.39, 0.29) is 33.2 Å². The van der Waals surface area contributed by atoms with Crippen LogP contribution in [0.5, 0.6) is 5.75 Å². The summed E-state index contributed by atoms with van der Waals surface area (Å²) in [6.45, 7) is 1.41. The zero-order valence-electron chi connectivity index (χ0n) is 20.4. The monoisotopic (exact) mass is 597 g/mol. The number of hydrogen-bond donors (Lipinski definition) is 4. The predicted octanol–water partition coefficient (Wildman–Crippen LogP) is 0.307. The average Bonchev–Trinajstić information content (AvgIpc) is 3.23. The van der Waals surface area contributed by atoms with Gasteiger partial charge in [-0.1, -0.05) is 28.1 Å². The molecule has 1 fully saturated rings. The van der Waals surface area contributed by atoms with Gasteiger partial charge < -0.3 is 30.8 Å². The van der Waals surface area contributed by atoms with E-state index in [1.165, 1.54) is 25.8 Å². The molecule has 1 saturated heterocycles. The summed E-state index contributed by atoms with van der Waals surface area (Å²) in [6, 6.07) is 2.40. The smallest absolute Gasteiger partial charge is 0.352 e. The molecule has 0 saturated carbocycles. The van der Waals surface area contributed by atoms with Crippen LogP contribution in [0.4, 0.5) is 5.13 Å². The van der Waals surface area contributed by atoms with E-state index in [2.05, 4.69) is 15.5 Å². The lowest BCUT2D eigenvalue weighted by molar-refractivity contribution is -0.689. The van der Waals surface area contributed by atoms with E-state index in [1.54, 1.807) is 29.1 Å². The fraction of sp³-hybridized carbons (Fsp3) is 0.318. The molecule has 14 nitrogen and oxygen atoms in total. The quantitative estimate of drug-likeness (QED) is 0.127. The summed E-state index contributed by atoms with van der Waals surface area (Å²) >= 11 is 8.26. The first-order chi connectivity index (χ1) is 18.5. The number of β-lactam (4-membered cyclic amide) rings is 1. The number of halogens is 1. The van der Waals surface area contributed by atoms with Gasteiger partial charge in [0.1, 0.15) is 27.1 Å². The number of methoxy groups -OCH3 is 1. The highest BCUT2D eigenvalue weighted by molar-refractivity contribution is 8.00. The molecule has 17 heteroatoms. The molecule has 2 aliphatic heterocycles. The summed E-state index contributed by atoms with van der Waals surface area (Å²) in [5.41, 5.74) is 5.37. The predicted molar refractivity (Wildman–Crippen MR) is 139 cm³/mol. The first-order valence-electron chi connectivity index (χ1n) is 11.1. The molecule has 4 heterocycles. The number of nitrogens with two attached hydrogens (primary N) is 1. The molecule has 2 aromatic rings. The van der Waals surface area contributed by atoms with E-state index in [0.717, 1.165) is 16.2 Å². The molecule has 0 unspecified atom stereocenters. The first kappa shape index (κ1) is 28.1. The van der Waals surface area contributed by atoms with Gasteiger partial charge in [0.2, 0.25) is 12.3 Å². The molecule has 5 N–H and O–H groups in total. The number of amides is 2. The minimum absolute atomic E-state index is 0.00244. The minimum Gasteiger partial charge on any atom is -0.491 e. The van der Waals surface area contributed by atoms with Crippen molar-refractivity contribution in [1.82, 2.24) is 15.2 Å². The standard InChI is InChI=1S/C22H21ClN6O8S2/c1-9(20(32)33)37-27-13(12-16(23)39-22(24)26-12)17(30)25-14-18(31)29-15(21(34)35)10(8-38-19(14)29)6-28-5-3-4-11(7-28)36-2/h3-5,7,9,14,19H,6,8H2,1-2H3,(H4-,24,25,26,30,32,33,34,35)/p+1/t9-,14+,19+/m0/s1. The number of carbonyl (C=O) groups is 4. The number of carboxylic acid groups (broad SMARTS) is 2. The average molecular weight is 598 g/mol. The number of fused-ring (bicyclic) bond motifs is 1. The van der Waals surface area contributed by atoms with Crippen LogP contribution in [0.1, 0.15) is 12.6 Å². The molecule has 206 valence electrons. The second-order valence-electron chi connectivity index (χ2n) is 8.23. The van der Waals surface area contributed by atoms with Crippen molar-refractivity contribution in [2.75, 3.05) is 18.6 Å². The molecule has 4 rings (SSSR count). The van der Waals surface area contributed by atoms with Crippen molar-refractivity contribution >= 4 is 69.3 Å². The molecule has 3 atom stereocenters. The van der Waals surface area contributed by atoms with E-state index in [0.29, 0.717) is 11.3 Å². The number of hydrogen-bond acceptors (Lipinski definition) is 11. The summed E-state index contributed by atoms with van der Waals surface area (Å²) in [5.74, 6) is -3.32. The van der Waals surface area contributed by atoms with Crippen LogP contribution in [0.25, 0.3) is 0 Å². The molecule has 0 spiro atoms. The number of nitrogens with zero attached hydrogens (tertiary/aromatic N) is 4. The largest absolute Gasteiger partial charge is 0.491 e. The number of ether oxygens (including phenoxy) is 1. The van der Waals surface area contributed by atoms with Crippen LogP contribution in [-0.4, -0.2) is 79.9 Å². The van der Waals surface area contributed by atoms with Crippen LogP contribution in [0, 0.1) is 0 Å². The van der Waals surface area contributed by atoms with Crippen molar-refractivity contribution in [3.63, 3.8) is 0 Å². The molecule has 2 aromatic heterocycles. The number of nitrogen functional groups attached to an aromatic ring is 1. The molecule has 0 aromatic carbocycles. The third-order valence-electron chi connectivity index (χ3n) is 5.67. The van der Waals surface area contributed by atoms with Crippen LogP contribution in [0.15, 0.2) is 41.0 Å². The van der Waals surface area contributed by atoms with Crippen molar-refractivity contribution < 1.29 is 43.5 Å². The van der Waals surface area contributed by atoms with Gasteiger partial charge >= 0.3 is 11.9 Å². The van der Waals surface area contributed by atoms with Crippen molar-refractivity contribution in [1.29, 1.82) is 0 Å². The molecule has 2 amide bonds. The zero-order chi connectivity index (χ0) is 28.4. The Hall–Kier alpha value is -3.89. The second-order valence-corrected chi connectivity index (χ2v) is 11.0. The number of carbonyl (C=O) groups excluding carboxylic acids is 2. The molecular formula is C22H22ClN6O8S2+. The van der Waals surface area contributed by atoms with Gasteiger partial charge in [-0.2, -0.15) is 4.57 Å². The van der Waals surface area contributed by atoms with Gasteiger partial charge in [0.15, 0.2) is 29.3 Å². The number of carboxylic acids is 2. The molecule has 2 aliphatic rings. The number of thioether (sulfide) groups is 1. The number of aromatic nitrogens is 2. The molecule has 0 radical (unpaired) electrons. The number of anilines is 1. The third-order valence-corrected chi connectivity index (χ3v) is 8.09. The molecular weight excluding hydrogens is 576 g/mol. The normalized spacial score (nSPS) is 19.6. The maximum atomic E-state index is 13.2. The van der Waals surface area contributed by atoms with Gasteiger partial charge in [0, 0.05) is 17.4 Å². The first-order valence-corrected chi connectivity index (χ1v) is 13.4. The van der Waals surface area contributed by atoms with Gasteiger partial charge in [-0.05, 0) is 13.0 Å². The Labute approximate surface area is 234 Å². The number of nitrogens with one attached hydrogen (secondary N) is 1. The molecule has 0 aliphatic carbocycles. The Balaban J connectivity index is 1.56. The van der Waals surface area contributed by atoms with Crippen LogP contribution >= 0.6 is 34.7 Å². The maximum absolute atomic E-state index is 13.2. The highest BCUT2D eigenvalue weighted by Crippen LogP contribution is 2.40. The van der Waals surface area contributed by atoms with Crippen LogP contribution in [0.3, 0.4) is 0 Å². The Bertz CT molecular complexity index is 1410. The molecule has 39 heavy (non-hydrogen) atoms. The Morgan fingerprint density at radius 2 is 2.15 bits per heavy atom. The van der Waals surface area contributed by atoms with Crippen molar-refractivity contribution in [2.24, 2.45) is 5.16 Å². The fourth-order valence-corrected chi connectivity index (χ4v) is 6.05. The number of thiazole rings is 1. The van der Waals surface area contributed by atoms with Gasteiger partial charge in [-0.25, -0.2) is 14.6 Å². The zero-order valence-corrected chi connectivity index (χ0v) is 22.7. The van der Waals surface area contributed by atoms with Crippen molar-refractivity contribution in [3.8, 4) is 5.75 Å². The number of oxime groups is 1. The lowest BCUT2D eigenvalue weighted by Gasteiger charge is -2.49. The lowest BCUT2D eigenvalue weighted by atomic mass is 10.0. The lowest BCUT2D eigenvalue weighted by Crippen LogP contribution is -2.71. The Morgan fingerprint density at radius 1 is 1.41 bits per heavy atom. The molecule has 0 bridgehead atoms. The van der Waals surface area contributed by atoms with E-state index in [4.69, 9.17) is 32.0 Å². The van der Waals surface area contributed by atoms with Crippen LogP contribution in [-0.2, 0) is 30.6 Å². The van der Waals surface area contributed by atoms with Gasteiger partial charge in [-0.3, -0.25) is 14.5 Å². The number of rotatable bonds is 10. The fourth-order valence-electron chi connectivity index (χ4n) is 3.78. The van der Waals surface area contributed by atoms with E-state index in [1.807, 2.05) is 0 Å². The third kappa shape index (κ3) is 5.76. The summed E-state index contributed by atoms with van der Waals surface area (Å²) in [7, 11) is 1.52. The highest BCUT2D eigenvalue weighted by atomic mass is 35.5. The summed E-state index contributed by atoms with van der Waals surface area (Å²) in [5, 5.41) is 24.4. The summed E-state index contributed by atoms with van der Waals surface area (Å²) < 4.78 is 6.95. The Kier molecular flexibility index (Phi) is 8.27. The van der Waals surface area contributed by atoms with Gasteiger partial charge in [0.05, 0.1) is 7.11 Å². The van der Waals surface area contributed by atoms with Crippen molar-refractivity contribution in [3.05, 3.63) is 45.8 Å². The SMILES string of the molecule is COc1ccc[n+](CC2=C(C(=O)O)N3C(=O)[C@@H](NC(=O)C(=NO[C@@H](C)C(=O)O)c4nc(N)sc4Cl)[C@H]3SC2)c1. The van der Waals surface area contributed by atoms with Gasteiger partial charge in [-0.15, -0.1) is 11.8 Å². The maximum Gasteiger partial charge on any atom is 0.352 e. The van der Waals surface area contributed by atoms with Crippen LogP contribution < -0.4 is 20.4 Å². The highest BCUT2D eigenvalue weighted by Gasteiger charge is 2.55. The Morgan fingerprint density at radius 3 is 2.77 bits per heavy atom. The van der Waals surface area contributed by atoms with E-state index in [9.17, 15) is 24.3 Å². The summed E-state index contributed by atoms with van der Waals surface area (Å²) in [6.07, 6.45) is 2.05. The topological polar surface area (TPSA) is 198 Å². The minimum atomic E-state index is -1.40. The van der Waals surface area contributed by atoms with Crippen LogP contribution in [0.2, 0.25) is 4.34 Å². The number of aliphatic carboxylic acids is 2. The van der Waals surface area contributed by atoms with E-state index >= 15 is 0 Å². The van der Waals surface area contributed by atoms with Gasteiger partial charge in [0.25, 0.3) is 11.8 Å². The van der Waals surface area contributed by atoms with E-state index < -0.39 is 47.0 Å². The summed E-state index contributed by atoms with van der Waals surface area (Å²) in [4.78, 5) is 59.5. The number of pyridine rings is 1. The van der Waals surface area contributed by atoms with Crippen molar-refractivity contribution in [2.45, 2.75) is 31.0 Å². The second kappa shape index (κ2) is 11.5.